The summed E-state index contributed by atoms with van der Waals surface area (Å²) >= 11 is 0. The third-order valence-corrected chi connectivity index (χ3v) is 3.03. The Balaban J connectivity index is -0.000000143. The number of rotatable bonds is 6. The van der Waals surface area contributed by atoms with Gasteiger partial charge in [0.05, 0.1) is 6.61 Å². The van der Waals surface area contributed by atoms with Gasteiger partial charge in [-0.05, 0) is 27.2 Å². The van der Waals surface area contributed by atoms with Gasteiger partial charge in [0.1, 0.15) is 0 Å². The van der Waals surface area contributed by atoms with Gasteiger partial charge in [-0.25, -0.2) is 9.36 Å². The smallest absolute Gasteiger partial charge is 1.00 e. The second kappa shape index (κ2) is 17.4. The Kier molecular flexibility index (Phi) is 20.7. The first-order valence-electron chi connectivity index (χ1n) is 7.56. The second-order valence-electron chi connectivity index (χ2n) is 4.46. The number of carbonyl (C=O) groups excluding carboxylic acids is 2. The first kappa shape index (κ1) is 29.7. The number of aliphatic hydroxyl groups is 2. The van der Waals surface area contributed by atoms with Crippen LogP contribution in [0.2, 0.25) is 0 Å². The minimum atomic E-state index is -4.91. The van der Waals surface area contributed by atoms with E-state index >= 15 is 0 Å². The summed E-state index contributed by atoms with van der Waals surface area (Å²) in [6.45, 7) is 8.61. The Hall–Kier alpha value is -0.0300. The van der Waals surface area contributed by atoms with Crippen LogP contribution < -0.4 is 29.6 Å². The topological polar surface area (TPSA) is 154 Å². The minimum Gasteiger partial charge on any atom is -1.00 e. The molecule has 25 heavy (non-hydrogen) atoms. The quantitative estimate of drug-likeness (QED) is 0.267. The van der Waals surface area contributed by atoms with E-state index in [1.54, 1.807) is 0 Å². The number of carbonyl (C=O) groups is 2. The molecule has 4 N–H and O–H groups in total. The molecule has 0 aromatic carbocycles. The van der Waals surface area contributed by atoms with Gasteiger partial charge in [0.2, 0.25) is 5.91 Å². The molecule has 146 valence electrons. The van der Waals surface area contributed by atoms with Crippen LogP contribution >= 0.6 is 7.82 Å². The largest absolute Gasteiger partial charge is 1.00 e. The van der Waals surface area contributed by atoms with Crippen molar-refractivity contribution in [2.45, 2.75) is 39.7 Å². The average Bonchev–Trinajstić information content (AvgIpc) is 2.92. The van der Waals surface area contributed by atoms with Crippen molar-refractivity contribution < 1.29 is 74.4 Å². The molecule has 0 spiro atoms. The van der Waals surface area contributed by atoms with Crippen molar-refractivity contribution in [3.05, 3.63) is 0 Å². The fourth-order valence-electron chi connectivity index (χ4n) is 1.50. The molecule has 12 heteroatoms. The normalized spacial score (nSPS) is 14.4. The number of hydrogen-bond donors (Lipinski definition) is 4. The maximum atomic E-state index is 10.7. The standard InChI is InChI=1S/C6H11NO.C4H10O.C3H7O7P.Na.H/c1-2-7-5-3-4-6(7)8;1-3-5-4-2;4-1-2(5)3(6)10-11(7,8)9;;/h2-5H2,1H3;3-4H2,1-2H3;2,4-5H,1H2,(H2,7,8,9);;/q;;;+1;-1. The van der Waals surface area contributed by atoms with E-state index in [1.807, 2.05) is 25.7 Å². The van der Waals surface area contributed by atoms with Crippen LogP contribution in [0.3, 0.4) is 0 Å². The Labute approximate surface area is 171 Å². The molecule has 10 nitrogen and oxygen atoms in total. The van der Waals surface area contributed by atoms with Crippen molar-refractivity contribution in [2.24, 2.45) is 0 Å². The number of amides is 1. The van der Waals surface area contributed by atoms with Crippen molar-refractivity contribution in [1.29, 1.82) is 0 Å². The summed E-state index contributed by atoms with van der Waals surface area (Å²) in [5, 5.41) is 16.5. The fraction of sp³-hybridized carbons (Fsp3) is 0.846. The van der Waals surface area contributed by atoms with Crippen molar-refractivity contribution >= 4 is 19.7 Å². The van der Waals surface area contributed by atoms with E-state index in [-0.39, 0.29) is 31.0 Å². The molecule has 1 heterocycles. The minimum absolute atomic E-state index is 0. The molecule has 0 aromatic heterocycles. The van der Waals surface area contributed by atoms with Crippen molar-refractivity contribution in [3.8, 4) is 0 Å². The Bertz CT molecular complexity index is 409. The average molecular weight is 397 g/mol. The molecule has 0 radical (unpaired) electrons. The van der Waals surface area contributed by atoms with Gasteiger partial charge in [-0.1, -0.05) is 0 Å². The summed E-state index contributed by atoms with van der Waals surface area (Å²) in [4.78, 5) is 38.9. The Morgan fingerprint density at radius 1 is 1.32 bits per heavy atom. The van der Waals surface area contributed by atoms with Gasteiger partial charge >= 0.3 is 43.3 Å². The van der Waals surface area contributed by atoms with Crippen molar-refractivity contribution in [1.82, 2.24) is 4.90 Å². The molecule has 1 saturated heterocycles. The van der Waals surface area contributed by atoms with E-state index in [0.29, 0.717) is 5.91 Å². The van der Waals surface area contributed by atoms with Gasteiger partial charge in [-0.15, -0.1) is 0 Å². The van der Waals surface area contributed by atoms with Gasteiger partial charge in [-0.3, -0.25) is 14.6 Å². The Morgan fingerprint density at radius 3 is 2.04 bits per heavy atom. The van der Waals surface area contributed by atoms with Crippen LogP contribution in [0.1, 0.15) is 35.0 Å². The maximum Gasteiger partial charge on any atom is 1.00 e. The van der Waals surface area contributed by atoms with Crippen LogP contribution in [0, 0.1) is 0 Å². The third kappa shape index (κ3) is 18.6. The van der Waals surface area contributed by atoms with E-state index < -0.39 is 26.5 Å². The number of aliphatic hydroxyl groups excluding tert-OH is 2. The molecular weight excluding hydrogens is 368 g/mol. The monoisotopic (exact) mass is 397 g/mol. The number of nitrogens with zero attached hydrogens (tertiary/aromatic N) is 1. The maximum absolute atomic E-state index is 10.7. The molecule has 1 aliphatic rings. The van der Waals surface area contributed by atoms with Gasteiger partial charge in [0.15, 0.2) is 6.10 Å². The van der Waals surface area contributed by atoms with E-state index in [9.17, 15) is 14.2 Å². The van der Waals surface area contributed by atoms with Gasteiger partial charge in [0.25, 0.3) is 0 Å². The second-order valence-corrected chi connectivity index (χ2v) is 5.62. The van der Waals surface area contributed by atoms with Crippen molar-refractivity contribution in [3.63, 3.8) is 0 Å². The molecule has 0 saturated carbocycles. The van der Waals surface area contributed by atoms with Crippen LogP contribution in [-0.2, 0) is 23.4 Å². The SMILES string of the molecule is CCN1CCCC1=O.CCOCC.O=C(OP(=O)(O)O)C(O)CO.[H-].[Na+]. The molecule has 1 fully saturated rings. The summed E-state index contributed by atoms with van der Waals surface area (Å²) in [5.74, 6) is -1.23. The van der Waals surface area contributed by atoms with E-state index in [4.69, 9.17) is 24.7 Å². The number of hydrogen-bond acceptors (Lipinski definition) is 7. The first-order chi connectivity index (χ1) is 11.1. The molecule has 1 rings (SSSR count). The molecule has 1 unspecified atom stereocenters. The van der Waals surface area contributed by atoms with E-state index in [0.717, 1.165) is 39.1 Å². The fourth-order valence-corrected chi connectivity index (χ4v) is 1.85. The van der Waals surface area contributed by atoms with E-state index in [2.05, 4.69) is 4.52 Å². The Morgan fingerprint density at radius 2 is 1.84 bits per heavy atom. The number of ether oxygens (including phenoxy) is 1. The molecule has 0 bridgehead atoms. The van der Waals surface area contributed by atoms with Crippen LogP contribution in [0.5, 0.6) is 0 Å². The van der Waals surface area contributed by atoms with Gasteiger partial charge in [0, 0.05) is 32.7 Å². The van der Waals surface area contributed by atoms with Crippen LogP contribution in [0.4, 0.5) is 0 Å². The molecule has 0 aromatic rings. The zero-order chi connectivity index (χ0) is 19.2. The molecule has 1 amide bonds. The third-order valence-electron chi connectivity index (χ3n) is 2.62. The zero-order valence-electron chi connectivity index (χ0n) is 16.3. The summed E-state index contributed by atoms with van der Waals surface area (Å²) in [7, 11) is -4.91. The van der Waals surface area contributed by atoms with Gasteiger partial charge < -0.3 is 25.8 Å². The van der Waals surface area contributed by atoms with Crippen LogP contribution in [0.15, 0.2) is 0 Å². The molecule has 1 atom stereocenters. The molecule has 0 aliphatic carbocycles. The van der Waals surface area contributed by atoms with Crippen molar-refractivity contribution in [2.75, 3.05) is 32.9 Å². The summed E-state index contributed by atoms with van der Waals surface area (Å²) in [5.41, 5.74) is 0. The predicted octanol–water partition coefficient (Wildman–Crippen LogP) is -3.24. The number of phosphoric acid groups is 1. The first-order valence-corrected chi connectivity index (χ1v) is 9.09. The van der Waals surface area contributed by atoms with Gasteiger partial charge in [-0.2, -0.15) is 0 Å². The van der Waals surface area contributed by atoms with Crippen LogP contribution in [0.25, 0.3) is 0 Å². The zero-order valence-corrected chi connectivity index (χ0v) is 18.1. The summed E-state index contributed by atoms with van der Waals surface area (Å²) in [6, 6.07) is 0. The summed E-state index contributed by atoms with van der Waals surface area (Å²) in [6.07, 6.45) is -0.0804. The van der Waals surface area contributed by atoms with Crippen LogP contribution in [-0.4, -0.2) is 75.8 Å². The summed E-state index contributed by atoms with van der Waals surface area (Å²) < 4.78 is 18.2. The number of phosphoric ester groups is 1. The molecular formula is C13H29NNaO9P. The van der Waals surface area contributed by atoms with E-state index in [1.165, 1.54) is 0 Å². The predicted molar refractivity (Wildman–Crippen MR) is 86.0 cm³/mol. The number of likely N-dealkylation sites (tertiary alicyclic amines) is 1. The molecule has 1 aliphatic heterocycles.